The van der Waals surface area contributed by atoms with E-state index < -0.39 is 0 Å². The molecule has 2 aliphatic rings. The molecule has 0 amide bonds. The summed E-state index contributed by atoms with van der Waals surface area (Å²) in [6.45, 7) is 48.0. The van der Waals surface area contributed by atoms with Crippen LogP contribution in [0, 0.1) is 0 Å². The van der Waals surface area contributed by atoms with E-state index in [4.69, 9.17) is 8.83 Å². The number of hydrogen-bond donors (Lipinski definition) is 0. The van der Waals surface area contributed by atoms with Crippen molar-refractivity contribution in [2.75, 3.05) is 0 Å². The number of thiophene rings is 2. The van der Waals surface area contributed by atoms with Crippen LogP contribution in [0.2, 0.25) is 0 Å². The number of allylic oxidation sites excluding steroid dienone is 2. The Kier molecular flexibility index (Phi) is 44.4. The lowest BCUT2D eigenvalue weighted by Gasteiger charge is -2.02. The van der Waals surface area contributed by atoms with Crippen molar-refractivity contribution in [1.29, 1.82) is 0 Å². The molecule has 0 unspecified atom stereocenters. The second kappa shape index (κ2) is 57.7. The predicted molar refractivity (Wildman–Crippen MR) is 652 cm³/mol. The van der Waals surface area contributed by atoms with Gasteiger partial charge in [0, 0.05) is 118 Å². The number of benzene rings is 11. The Balaban J connectivity index is 0.000000145. The van der Waals surface area contributed by atoms with E-state index in [1.54, 1.807) is 11.1 Å². The largest absolute Gasteiger partial charge is 0.461 e. The first kappa shape index (κ1) is 114. The standard InChI is InChI=1S/2C13H17N.3C13H15N.2C13H16.2C12H14O.2C12H14S/c1-4-10-6-7-13-11(8-10)9-12(5-2)14(13)3;1-4-10-6-7-11-9-12(5-2)14(3)13(11)8-10;1-3-10-5-8-13-11(9-10)6-7-12(4-2)14-13;1-3-10-5-6-12-7-11(4-2)9-14-13(12)8-10;1-3-10-5-6-11-7-8-12(4-2)14-13(11)9-10;2*1-3-10-5-6-12-8-11(4-2)9-13(12)7-10;1-3-9-5-6-12-10(7-9)8-11(4-2)13-12;1-3-9-5-6-10-8-11(4-2)13-12(10)7-9;1-3-9-5-6-12-10(7-9)8-11(4-2)13-12;1-3-9-5-6-10-8-11(4-2)13-12(10)7-9/h2*6-9H,4-5H2,1-3H3;3*5-9H,3-4H2,1-2H3;5-7,9H,3-4,8H2,1-2H3;5-8H,3-4,9H2,1-2H3;4*5-8H,3-4H2,1-2H3. The van der Waals surface area contributed by atoms with Gasteiger partial charge in [0.2, 0.25) is 0 Å². The molecule has 0 atom stereocenters. The van der Waals surface area contributed by atoms with Crippen LogP contribution in [0.5, 0.6) is 0 Å². The highest BCUT2D eigenvalue weighted by atomic mass is 32.1. The van der Waals surface area contributed by atoms with Gasteiger partial charge in [0.25, 0.3) is 0 Å². The third kappa shape index (κ3) is 31.2. The van der Waals surface area contributed by atoms with Crippen LogP contribution < -0.4 is 0 Å². The Bertz CT molecular complexity index is 7180. The smallest absolute Gasteiger partial charge is 0.134 e. The van der Waals surface area contributed by atoms with Gasteiger partial charge in [0.1, 0.15) is 22.7 Å². The predicted octanol–water partition coefficient (Wildman–Crippen LogP) is 39.0. The summed E-state index contributed by atoms with van der Waals surface area (Å²) in [6.07, 6.45) is 33.1. The summed E-state index contributed by atoms with van der Waals surface area (Å²) in [5.74, 6) is 2.14. The average molecular weight is 2000 g/mol. The molecule has 9 heterocycles. The van der Waals surface area contributed by atoms with E-state index in [0.29, 0.717) is 0 Å². The Morgan fingerprint density at radius 1 is 0.236 bits per heavy atom. The number of aryl methyl sites for hydroxylation is 22. The summed E-state index contributed by atoms with van der Waals surface area (Å²) < 4.78 is 18.7. The van der Waals surface area contributed by atoms with Gasteiger partial charge in [0.15, 0.2) is 0 Å². The van der Waals surface area contributed by atoms with Gasteiger partial charge in [-0.25, -0.2) is 0 Å². The van der Waals surface area contributed by atoms with E-state index in [1.165, 1.54) is 216 Å². The van der Waals surface area contributed by atoms with Crippen LogP contribution in [0.1, 0.15) is 298 Å². The first-order chi connectivity index (χ1) is 72.0. The van der Waals surface area contributed by atoms with Gasteiger partial charge in [0.05, 0.1) is 16.6 Å². The highest BCUT2D eigenvalue weighted by molar-refractivity contribution is 7.19. The minimum Gasteiger partial charge on any atom is -0.461 e. The van der Waals surface area contributed by atoms with E-state index >= 15 is 0 Å². The summed E-state index contributed by atoms with van der Waals surface area (Å²) in [7, 11) is 4.30. The topological polar surface area (TPSA) is 74.8 Å². The van der Waals surface area contributed by atoms with E-state index in [0.717, 1.165) is 168 Å². The third-order valence-electron chi connectivity index (χ3n) is 29.0. The van der Waals surface area contributed by atoms with E-state index in [2.05, 4.69) is 470 Å². The maximum absolute atomic E-state index is 5.66. The molecule has 772 valence electrons. The molecule has 0 bridgehead atoms. The van der Waals surface area contributed by atoms with Crippen LogP contribution in [-0.2, 0) is 155 Å². The summed E-state index contributed by atoms with van der Waals surface area (Å²) in [4.78, 5) is 16.6. The second-order valence-corrected chi connectivity index (χ2v) is 41.2. The van der Waals surface area contributed by atoms with Crippen LogP contribution in [0.3, 0.4) is 0 Å². The van der Waals surface area contributed by atoms with Gasteiger partial charge in [-0.1, -0.05) is 315 Å². The highest BCUT2D eigenvalue weighted by Crippen LogP contribution is 2.34. The molecule has 0 saturated heterocycles. The molecule has 11 aromatic carbocycles. The van der Waals surface area contributed by atoms with Crippen molar-refractivity contribution in [1.82, 2.24) is 24.1 Å². The number of rotatable bonds is 22. The molecule has 0 saturated carbocycles. The highest BCUT2D eigenvalue weighted by Gasteiger charge is 2.16. The molecule has 9 heteroatoms. The van der Waals surface area contributed by atoms with Gasteiger partial charge < -0.3 is 18.0 Å². The first-order valence-corrected chi connectivity index (χ1v) is 57.6. The van der Waals surface area contributed by atoms with Crippen molar-refractivity contribution in [3.63, 3.8) is 0 Å². The second-order valence-electron chi connectivity index (χ2n) is 38.8. The van der Waals surface area contributed by atoms with Crippen molar-refractivity contribution in [2.24, 2.45) is 14.1 Å². The van der Waals surface area contributed by atoms with Crippen molar-refractivity contribution in [3.8, 4) is 0 Å². The minimum atomic E-state index is 0.968. The Morgan fingerprint density at radius 3 is 1.24 bits per heavy atom. The monoisotopic (exact) mass is 2000 g/mol. The van der Waals surface area contributed by atoms with Crippen molar-refractivity contribution in [3.05, 3.63) is 417 Å². The number of nitrogens with zero attached hydrogens (tertiary/aromatic N) is 5. The zero-order valence-corrected chi connectivity index (χ0v) is 95.6. The normalized spacial score (nSPS) is 11.5. The van der Waals surface area contributed by atoms with Crippen molar-refractivity contribution < 1.29 is 8.83 Å². The lowest BCUT2D eigenvalue weighted by molar-refractivity contribution is 0.556. The molecule has 2 aliphatic carbocycles. The number of aromatic nitrogens is 5. The molecular formula is C139H167N5O2S2. The van der Waals surface area contributed by atoms with Gasteiger partial charge in [-0.05, 0) is 374 Å². The molecule has 148 heavy (non-hydrogen) atoms. The lowest BCUT2D eigenvalue weighted by atomic mass is 10.0. The van der Waals surface area contributed by atoms with E-state index in [1.807, 2.05) is 28.9 Å². The molecule has 22 rings (SSSR count). The van der Waals surface area contributed by atoms with Gasteiger partial charge in [-0.2, -0.15) is 0 Å². The molecular weight excluding hydrogens is 1840 g/mol. The van der Waals surface area contributed by atoms with Crippen LogP contribution >= 0.6 is 22.7 Å². The fourth-order valence-corrected chi connectivity index (χ4v) is 20.9. The summed E-state index contributed by atoms with van der Waals surface area (Å²) in [5.41, 5.74) is 39.1. The fraction of sp³-hybridized carbons (Fsp3) is 0.345. The maximum Gasteiger partial charge on any atom is 0.134 e. The molecule has 9 aromatic heterocycles. The molecule has 0 spiro atoms. The quantitative estimate of drug-likeness (QED) is 0.0676. The van der Waals surface area contributed by atoms with Gasteiger partial charge in [-0.3, -0.25) is 15.0 Å². The lowest BCUT2D eigenvalue weighted by Crippen LogP contribution is -1.93. The summed E-state index contributed by atoms with van der Waals surface area (Å²) in [6, 6.07) is 97.4. The number of hydrogen-bond acceptors (Lipinski definition) is 7. The van der Waals surface area contributed by atoms with E-state index in [-0.39, 0.29) is 0 Å². The molecule has 20 aromatic rings. The zero-order chi connectivity index (χ0) is 106. The van der Waals surface area contributed by atoms with Gasteiger partial charge >= 0.3 is 0 Å². The van der Waals surface area contributed by atoms with E-state index in [9.17, 15) is 0 Å². The molecule has 0 aliphatic heterocycles. The summed E-state index contributed by atoms with van der Waals surface area (Å²) >= 11 is 3.84. The molecule has 0 fully saturated rings. The Morgan fingerprint density at radius 2 is 0.649 bits per heavy atom. The number of pyridine rings is 3. The average Bonchev–Trinajstić information content (AvgIpc) is 1.64. The molecule has 0 N–H and O–H groups in total. The van der Waals surface area contributed by atoms with Gasteiger partial charge in [-0.15, -0.1) is 22.7 Å². The number of fused-ring (bicyclic) bond motifs is 11. The Labute approximate surface area is 895 Å². The van der Waals surface area contributed by atoms with Crippen molar-refractivity contribution in [2.45, 2.75) is 306 Å². The summed E-state index contributed by atoms with van der Waals surface area (Å²) in [5, 5.41) is 11.7. The fourth-order valence-electron chi connectivity index (χ4n) is 18.8. The third-order valence-corrected chi connectivity index (χ3v) is 31.5. The molecule has 0 radical (unpaired) electrons. The van der Waals surface area contributed by atoms with Crippen LogP contribution in [0.4, 0.5) is 0 Å². The first-order valence-electron chi connectivity index (χ1n) is 56.0. The molecule has 7 nitrogen and oxygen atoms in total. The maximum atomic E-state index is 5.66. The minimum absolute atomic E-state index is 0.968. The SMILES string of the molecule is CCC1=Cc2cc(CC)ccc2C1.CCC1=Cc2ccc(CC)cc2C1.CCc1ccc2c(c1)cc(CC)n2C.CCc1ccc2cc(CC)n(C)c2c1.CCc1ccc2cc(CC)oc2c1.CCc1ccc2cc(CC)sc2c1.CCc1ccc2ccc(CC)nc2c1.CCc1ccc2nc(CC)ccc2c1.CCc1ccc2oc(CC)cc2c1.CCc1ccc2sc(CC)cc2c1.CCc1cnc2cc(CC)ccc2c1. The van der Waals surface area contributed by atoms with Crippen LogP contribution in [0.25, 0.3) is 109 Å². The van der Waals surface area contributed by atoms with Crippen LogP contribution in [0.15, 0.2) is 293 Å². The van der Waals surface area contributed by atoms with Crippen LogP contribution in [-0.4, -0.2) is 24.1 Å². The van der Waals surface area contributed by atoms with Crippen molar-refractivity contribution >= 4 is 131 Å². The Hall–Kier alpha value is -12.8. The zero-order valence-electron chi connectivity index (χ0n) is 94.0. The number of furan rings is 2.